The van der Waals surface area contributed by atoms with Crippen molar-refractivity contribution in [3.05, 3.63) is 41.0 Å². The molecular weight excluding hydrogens is 316 g/mol. The molecule has 0 radical (unpaired) electrons. The van der Waals surface area contributed by atoms with Crippen LogP contribution in [-0.4, -0.2) is 35.3 Å². The third-order valence-electron chi connectivity index (χ3n) is 3.03. The van der Waals surface area contributed by atoms with Crippen LogP contribution in [0.5, 0.6) is 5.88 Å². The largest absolute Gasteiger partial charge is 0.472 e. The van der Waals surface area contributed by atoms with E-state index in [0.717, 1.165) is 22.7 Å². The van der Waals surface area contributed by atoms with Crippen LogP contribution in [0.25, 0.3) is 0 Å². The predicted molar refractivity (Wildman–Crippen MR) is 88.8 cm³/mol. The minimum atomic E-state index is -0.702. The van der Waals surface area contributed by atoms with Gasteiger partial charge in [-0.3, -0.25) is 10.1 Å². The van der Waals surface area contributed by atoms with Crippen LogP contribution in [-0.2, 0) is 6.61 Å². The Labute approximate surface area is 138 Å². The van der Waals surface area contributed by atoms with Crippen molar-refractivity contribution in [1.29, 1.82) is 0 Å². The van der Waals surface area contributed by atoms with Gasteiger partial charge in [0.25, 0.3) is 5.91 Å². The Hall–Kier alpha value is -2.61. The number of aryl methyl sites for hydroxylation is 1. The van der Waals surface area contributed by atoms with Crippen molar-refractivity contribution in [1.82, 2.24) is 9.27 Å². The van der Waals surface area contributed by atoms with Crippen molar-refractivity contribution in [2.24, 2.45) is 5.73 Å². The number of anilines is 1. The van der Waals surface area contributed by atoms with Gasteiger partial charge in [0.1, 0.15) is 17.2 Å². The first-order valence-corrected chi connectivity index (χ1v) is 7.62. The molecule has 3 amide bonds. The molecule has 1 heterocycles. The van der Waals surface area contributed by atoms with E-state index in [2.05, 4.69) is 9.69 Å². The molecule has 0 aliphatic heterocycles. The number of ether oxygens (including phenoxy) is 1. The zero-order valence-electron chi connectivity index (χ0n) is 13.1. The molecule has 1 aromatic heterocycles. The summed E-state index contributed by atoms with van der Waals surface area (Å²) >= 11 is 0.953. The Morgan fingerprint density at radius 1 is 1.30 bits per heavy atom. The molecule has 2 aromatic rings. The van der Waals surface area contributed by atoms with Gasteiger partial charge in [0.2, 0.25) is 5.88 Å². The monoisotopic (exact) mass is 334 g/mol. The molecule has 3 N–H and O–H groups in total. The highest BCUT2D eigenvalue weighted by Gasteiger charge is 2.22. The molecule has 7 nitrogen and oxygen atoms in total. The Kier molecular flexibility index (Phi) is 5.17. The zero-order valence-corrected chi connectivity index (χ0v) is 13.9. The van der Waals surface area contributed by atoms with Crippen molar-refractivity contribution in [2.75, 3.05) is 19.4 Å². The van der Waals surface area contributed by atoms with E-state index < -0.39 is 5.91 Å². The average Bonchev–Trinajstić information content (AvgIpc) is 2.89. The smallest absolute Gasteiger partial charge is 0.321 e. The first-order chi connectivity index (χ1) is 10.9. The van der Waals surface area contributed by atoms with Crippen molar-refractivity contribution in [3.8, 4) is 5.88 Å². The molecule has 0 aliphatic carbocycles. The molecule has 0 saturated carbocycles. The van der Waals surface area contributed by atoms with Gasteiger partial charge in [-0.05, 0) is 24.0 Å². The van der Waals surface area contributed by atoms with Crippen molar-refractivity contribution >= 4 is 28.5 Å². The summed E-state index contributed by atoms with van der Waals surface area (Å²) in [4.78, 5) is 24.7. The number of primary amides is 1. The van der Waals surface area contributed by atoms with Gasteiger partial charge in [-0.1, -0.05) is 29.8 Å². The fraction of sp³-hybridized carbons (Fsp3) is 0.267. The molecule has 0 saturated heterocycles. The SMILES string of the molecule is Cc1ccc(COc2nsc(NC(=O)N(C)C)c2C(N)=O)cc1. The van der Waals surface area contributed by atoms with Gasteiger partial charge in [0.05, 0.1) is 0 Å². The number of nitrogens with one attached hydrogen (secondary N) is 1. The topological polar surface area (TPSA) is 97.6 Å². The lowest BCUT2D eigenvalue weighted by Crippen LogP contribution is -2.28. The summed E-state index contributed by atoms with van der Waals surface area (Å²) in [5.74, 6) is -0.580. The van der Waals surface area contributed by atoms with Gasteiger partial charge in [-0.2, -0.15) is 4.37 Å². The highest BCUT2D eigenvalue weighted by Crippen LogP contribution is 2.30. The molecule has 2 rings (SSSR count). The lowest BCUT2D eigenvalue weighted by molar-refractivity contribution is 0.0996. The molecule has 0 fully saturated rings. The number of hydrogen-bond donors (Lipinski definition) is 2. The van der Waals surface area contributed by atoms with E-state index in [1.807, 2.05) is 31.2 Å². The lowest BCUT2D eigenvalue weighted by atomic mass is 10.2. The third-order valence-corrected chi connectivity index (χ3v) is 3.78. The number of hydrogen-bond acceptors (Lipinski definition) is 5. The van der Waals surface area contributed by atoms with Gasteiger partial charge in [-0.25, -0.2) is 4.79 Å². The van der Waals surface area contributed by atoms with E-state index in [0.29, 0.717) is 0 Å². The van der Waals surface area contributed by atoms with Crippen LogP contribution in [0.4, 0.5) is 9.80 Å². The maximum absolute atomic E-state index is 11.7. The molecule has 23 heavy (non-hydrogen) atoms. The number of carbonyl (C=O) groups is 2. The van der Waals surface area contributed by atoms with Gasteiger partial charge >= 0.3 is 6.03 Å². The molecule has 0 unspecified atom stereocenters. The number of rotatable bonds is 5. The Morgan fingerprint density at radius 2 is 1.96 bits per heavy atom. The Morgan fingerprint density at radius 3 is 2.52 bits per heavy atom. The summed E-state index contributed by atoms with van der Waals surface area (Å²) in [6, 6.07) is 7.43. The van der Waals surface area contributed by atoms with E-state index in [9.17, 15) is 9.59 Å². The maximum atomic E-state index is 11.7. The summed E-state index contributed by atoms with van der Waals surface area (Å²) in [5.41, 5.74) is 7.55. The molecule has 0 aliphatic rings. The highest BCUT2D eigenvalue weighted by molar-refractivity contribution is 7.11. The van der Waals surface area contributed by atoms with E-state index in [1.165, 1.54) is 4.90 Å². The van der Waals surface area contributed by atoms with E-state index in [-0.39, 0.29) is 29.1 Å². The minimum absolute atomic E-state index is 0.0808. The number of nitrogens with two attached hydrogens (primary N) is 1. The molecule has 0 spiro atoms. The number of carbonyl (C=O) groups excluding carboxylic acids is 2. The van der Waals surface area contributed by atoms with Gasteiger partial charge < -0.3 is 15.4 Å². The van der Waals surface area contributed by atoms with Crippen LogP contribution in [0.1, 0.15) is 21.5 Å². The van der Waals surface area contributed by atoms with Crippen molar-refractivity contribution in [2.45, 2.75) is 13.5 Å². The number of aromatic nitrogens is 1. The second-order valence-electron chi connectivity index (χ2n) is 5.15. The molecule has 122 valence electrons. The molecule has 0 atom stereocenters. The maximum Gasteiger partial charge on any atom is 0.321 e. The van der Waals surface area contributed by atoms with Gasteiger partial charge in [0.15, 0.2) is 0 Å². The van der Waals surface area contributed by atoms with E-state index in [4.69, 9.17) is 10.5 Å². The van der Waals surface area contributed by atoms with Crippen LogP contribution < -0.4 is 15.8 Å². The molecule has 1 aromatic carbocycles. The fourth-order valence-corrected chi connectivity index (χ4v) is 2.45. The normalized spacial score (nSPS) is 10.2. The quantitative estimate of drug-likeness (QED) is 0.876. The highest BCUT2D eigenvalue weighted by atomic mass is 32.1. The summed E-state index contributed by atoms with van der Waals surface area (Å²) in [6.45, 7) is 2.25. The van der Waals surface area contributed by atoms with E-state index >= 15 is 0 Å². The zero-order chi connectivity index (χ0) is 17.0. The average molecular weight is 334 g/mol. The second-order valence-corrected chi connectivity index (χ2v) is 5.93. The Bertz CT molecular complexity index is 710. The molecule has 8 heteroatoms. The standard InChI is InChI=1S/C15H18N4O3S/c1-9-4-6-10(7-5-9)8-22-13-11(12(16)20)14(23-18-13)17-15(21)19(2)3/h4-7H,8H2,1-3H3,(H2,16,20)(H,17,21). The first kappa shape index (κ1) is 16.8. The van der Waals surface area contributed by atoms with Crippen molar-refractivity contribution < 1.29 is 14.3 Å². The summed E-state index contributed by atoms with van der Waals surface area (Å²) < 4.78 is 9.65. The number of nitrogens with zero attached hydrogens (tertiary/aromatic N) is 2. The third kappa shape index (κ3) is 4.19. The summed E-state index contributed by atoms with van der Waals surface area (Å²) in [6.07, 6.45) is 0. The summed E-state index contributed by atoms with van der Waals surface area (Å²) in [5, 5.41) is 2.85. The predicted octanol–water partition coefficient (Wildman–Crippen LogP) is 2.22. The molecule has 0 bridgehead atoms. The number of benzene rings is 1. The van der Waals surface area contributed by atoms with Crippen LogP contribution in [0.3, 0.4) is 0 Å². The molecular formula is C15H18N4O3S. The first-order valence-electron chi connectivity index (χ1n) is 6.84. The Balaban J connectivity index is 2.15. The van der Waals surface area contributed by atoms with E-state index in [1.54, 1.807) is 14.1 Å². The second kappa shape index (κ2) is 7.10. The summed E-state index contributed by atoms with van der Waals surface area (Å²) in [7, 11) is 3.18. The lowest BCUT2D eigenvalue weighted by Gasteiger charge is -2.11. The fourth-order valence-electron chi connectivity index (χ4n) is 1.72. The minimum Gasteiger partial charge on any atom is -0.472 e. The number of urea groups is 1. The number of amides is 3. The van der Waals surface area contributed by atoms with Crippen LogP contribution >= 0.6 is 11.5 Å². The van der Waals surface area contributed by atoms with Crippen LogP contribution in [0.15, 0.2) is 24.3 Å². The van der Waals surface area contributed by atoms with Crippen LogP contribution in [0, 0.1) is 6.92 Å². The van der Waals surface area contributed by atoms with Crippen LogP contribution in [0.2, 0.25) is 0 Å². The van der Waals surface area contributed by atoms with Gasteiger partial charge in [0, 0.05) is 14.1 Å². The van der Waals surface area contributed by atoms with Gasteiger partial charge in [-0.15, -0.1) is 0 Å². The van der Waals surface area contributed by atoms with Crippen molar-refractivity contribution in [3.63, 3.8) is 0 Å².